The van der Waals surface area contributed by atoms with Gasteiger partial charge < -0.3 is 4.42 Å². The van der Waals surface area contributed by atoms with Crippen LogP contribution in [0.15, 0.2) is 27.9 Å². The minimum Gasteiger partial charge on any atom is -0.452 e. The van der Waals surface area contributed by atoms with Crippen molar-refractivity contribution in [1.82, 2.24) is 4.31 Å². The van der Waals surface area contributed by atoms with E-state index in [1.54, 1.807) is 6.07 Å². The molecule has 0 saturated heterocycles. The van der Waals surface area contributed by atoms with Crippen LogP contribution >= 0.6 is 0 Å². The Morgan fingerprint density at radius 1 is 1.53 bits per heavy atom. The number of nitriles is 1. The number of nitrogens with zero attached hydrogens (tertiary/aromatic N) is 2. The molecule has 1 aromatic heterocycles. The van der Waals surface area contributed by atoms with Gasteiger partial charge in [-0.1, -0.05) is 5.92 Å². The first-order chi connectivity index (χ1) is 7.12. The SMILES string of the molecule is C#CCN(CC#N)S(=O)(=O)c1ccco1. The lowest BCUT2D eigenvalue weighted by molar-refractivity contribution is 0.413. The fourth-order valence-electron chi connectivity index (χ4n) is 0.944. The number of terminal acetylenes is 1. The molecule has 0 N–H and O–H groups in total. The van der Waals surface area contributed by atoms with Crippen LogP contribution in [0.5, 0.6) is 0 Å². The van der Waals surface area contributed by atoms with Gasteiger partial charge in [-0.25, -0.2) is 8.42 Å². The van der Waals surface area contributed by atoms with E-state index in [0.29, 0.717) is 0 Å². The third kappa shape index (κ3) is 2.38. The predicted octanol–water partition coefficient (Wildman–Crippen LogP) is 0.427. The minimum atomic E-state index is -3.78. The van der Waals surface area contributed by atoms with Crippen molar-refractivity contribution in [3.63, 3.8) is 0 Å². The molecule has 0 aliphatic heterocycles. The number of hydrogen-bond acceptors (Lipinski definition) is 4. The number of sulfonamides is 1. The largest absolute Gasteiger partial charge is 0.452 e. The standard InChI is InChI=1S/C9H8N2O3S/c1-2-6-11(7-5-10)15(12,13)9-4-3-8-14-9/h1,3-4,8H,6-7H2. The second kappa shape index (κ2) is 4.65. The highest BCUT2D eigenvalue weighted by Crippen LogP contribution is 2.14. The molecule has 0 aliphatic rings. The number of rotatable bonds is 4. The second-order valence-corrected chi connectivity index (χ2v) is 4.44. The molecule has 0 fully saturated rings. The van der Waals surface area contributed by atoms with Gasteiger partial charge in [-0.2, -0.15) is 9.57 Å². The van der Waals surface area contributed by atoms with Crippen LogP contribution in [0.25, 0.3) is 0 Å². The van der Waals surface area contributed by atoms with Crippen LogP contribution in [-0.4, -0.2) is 25.8 Å². The van der Waals surface area contributed by atoms with Crippen LogP contribution in [0.2, 0.25) is 0 Å². The van der Waals surface area contributed by atoms with Crippen molar-refractivity contribution in [2.45, 2.75) is 5.09 Å². The summed E-state index contributed by atoms with van der Waals surface area (Å²) >= 11 is 0. The Kier molecular flexibility index (Phi) is 3.51. The van der Waals surface area contributed by atoms with Crippen LogP contribution in [-0.2, 0) is 10.0 Å². The van der Waals surface area contributed by atoms with Gasteiger partial charge >= 0.3 is 0 Å². The van der Waals surface area contributed by atoms with Crippen LogP contribution in [0, 0.1) is 23.7 Å². The fraction of sp³-hybridized carbons (Fsp3) is 0.222. The molecule has 0 bridgehead atoms. The van der Waals surface area contributed by atoms with Gasteiger partial charge in [0, 0.05) is 0 Å². The third-order valence-corrected chi connectivity index (χ3v) is 3.28. The summed E-state index contributed by atoms with van der Waals surface area (Å²) in [5.41, 5.74) is 0. The van der Waals surface area contributed by atoms with Gasteiger partial charge in [0.15, 0.2) is 0 Å². The molecule has 0 unspecified atom stereocenters. The lowest BCUT2D eigenvalue weighted by atomic mass is 10.6. The maximum Gasteiger partial charge on any atom is 0.278 e. The Balaban J connectivity index is 3.04. The van der Waals surface area contributed by atoms with Crippen LogP contribution in [0.4, 0.5) is 0 Å². The summed E-state index contributed by atoms with van der Waals surface area (Å²) < 4.78 is 29.1. The zero-order valence-corrected chi connectivity index (χ0v) is 8.57. The van der Waals surface area contributed by atoms with Crippen molar-refractivity contribution in [2.24, 2.45) is 0 Å². The zero-order chi connectivity index (χ0) is 11.3. The Labute approximate surface area is 88.0 Å². The van der Waals surface area contributed by atoms with Crippen molar-refractivity contribution >= 4 is 10.0 Å². The molecule has 0 amide bonds. The third-order valence-electron chi connectivity index (χ3n) is 1.60. The Hall–Kier alpha value is -1.76. The Morgan fingerprint density at radius 3 is 2.73 bits per heavy atom. The first kappa shape index (κ1) is 11.3. The average molecular weight is 224 g/mol. The molecule has 1 heterocycles. The highest BCUT2D eigenvalue weighted by Gasteiger charge is 2.25. The van der Waals surface area contributed by atoms with Crippen molar-refractivity contribution in [3.05, 3.63) is 18.4 Å². The van der Waals surface area contributed by atoms with Crippen LogP contribution in [0.3, 0.4) is 0 Å². The molecule has 0 saturated carbocycles. The molecule has 1 rings (SSSR count). The minimum absolute atomic E-state index is 0.156. The quantitative estimate of drug-likeness (QED) is 0.549. The predicted molar refractivity (Wildman–Crippen MR) is 51.9 cm³/mol. The molecular weight excluding hydrogens is 216 g/mol. The monoisotopic (exact) mass is 224 g/mol. The first-order valence-electron chi connectivity index (χ1n) is 3.97. The van der Waals surface area contributed by atoms with Gasteiger partial charge in [0.1, 0.15) is 6.54 Å². The number of furan rings is 1. The van der Waals surface area contributed by atoms with E-state index in [1.807, 2.05) is 0 Å². The maximum absolute atomic E-state index is 11.8. The molecular formula is C9H8N2O3S. The molecule has 6 heteroatoms. The van der Waals surface area contributed by atoms with E-state index in [0.717, 1.165) is 4.31 Å². The molecule has 0 aromatic carbocycles. The van der Waals surface area contributed by atoms with Gasteiger partial charge in [0.25, 0.3) is 10.0 Å². The van der Waals surface area contributed by atoms with E-state index in [-0.39, 0.29) is 18.2 Å². The first-order valence-corrected chi connectivity index (χ1v) is 5.41. The summed E-state index contributed by atoms with van der Waals surface area (Å²) in [5.74, 6) is 2.17. The summed E-state index contributed by atoms with van der Waals surface area (Å²) in [6.07, 6.45) is 6.26. The molecule has 0 radical (unpaired) electrons. The average Bonchev–Trinajstić information content (AvgIpc) is 2.70. The summed E-state index contributed by atoms with van der Waals surface area (Å²) in [7, 11) is -3.78. The van der Waals surface area contributed by atoms with Crippen molar-refractivity contribution < 1.29 is 12.8 Å². The summed E-state index contributed by atoms with van der Waals surface area (Å²) in [5, 5.41) is 8.25. The van der Waals surface area contributed by atoms with E-state index >= 15 is 0 Å². The van der Waals surface area contributed by atoms with Crippen molar-refractivity contribution in [3.8, 4) is 18.4 Å². The molecule has 1 aromatic rings. The van der Waals surface area contributed by atoms with E-state index in [4.69, 9.17) is 16.1 Å². The van der Waals surface area contributed by atoms with E-state index in [1.165, 1.54) is 18.4 Å². The summed E-state index contributed by atoms with van der Waals surface area (Å²) in [6.45, 7) is -0.455. The van der Waals surface area contributed by atoms with Gasteiger partial charge in [-0.15, -0.1) is 6.42 Å². The van der Waals surface area contributed by atoms with Crippen molar-refractivity contribution in [1.29, 1.82) is 5.26 Å². The molecule has 15 heavy (non-hydrogen) atoms. The normalized spacial score (nSPS) is 10.9. The molecule has 0 atom stereocenters. The van der Waals surface area contributed by atoms with Crippen LogP contribution < -0.4 is 0 Å². The topological polar surface area (TPSA) is 74.3 Å². The highest BCUT2D eigenvalue weighted by molar-refractivity contribution is 7.89. The lowest BCUT2D eigenvalue weighted by Gasteiger charge is -2.13. The van der Waals surface area contributed by atoms with E-state index in [9.17, 15) is 8.42 Å². The molecule has 78 valence electrons. The summed E-state index contributed by atoms with van der Waals surface area (Å²) in [6, 6.07) is 4.48. The Morgan fingerprint density at radius 2 is 2.27 bits per heavy atom. The molecule has 0 aliphatic carbocycles. The summed E-state index contributed by atoms with van der Waals surface area (Å²) in [4.78, 5) is 0. The highest BCUT2D eigenvalue weighted by atomic mass is 32.2. The zero-order valence-electron chi connectivity index (χ0n) is 7.75. The fourth-order valence-corrected chi connectivity index (χ4v) is 2.10. The lowest BCUT2D eigenvalue weighted by Crippen LogP contribution is -2.31. The van der Waals surface area contributed by atoms with Crippen LogP contribution in [0.1, 0.15) is 0 Å². The number of hydrogen-bond donors (Lipinski definition) is 0. The van der Waals surface area contributed by atoms with Gasteiger partial charge in [-0.05, 0) is 12.1 Å². The molecule has 5 nitrogen and oxygen atoms in total. The van der Waals surface area contributed by atoms with E-state index < -0.39 is 10.0 Å². The Bertz CT molecular complexity index is 474. The maximum atomic E-state index is 11.8. The van der Waals surface area contributed by atoms with Gasteiger partial charge in [0.2, 0.25) is 5.09 Å². The van der Waals surface area contributed by atoms with Gasteiger partial charge in [0.05, 0.1) is 18.9 Å². The van der Waals surface area contributed by atoms with Gasteiger partial charge in [-0.3, -0.25) is 0 Å². The van der Waals surface area contributed by atoms with E-state index in [2.05, 4.69) is 5.92 Å². The van der Waals surface area contributed by atoms with Crippen molar-refractivity contribution in [2.75, 3.05) is 13.1 Å². The molecule has 0 spiro atoms. The smallest absolute Gasteiger partial charge is 0.278 e. The second-order valence-electron chi connectivity index (χ2n) is 2.57.